The molecule has 1 aromatic rings. The van der Waals surface area contributed by atoms with Crippen LogP contribution in [0.25, 0.3) is 0 Å². The monoisotopic (exact) mass is 371 g/mol. The van der Waals surface area contributed by atoms with Crippen molar-refractivity contribution < 1.29 is 8.42 Å². The number of rotatable bonds is 6. The van der Waals surface area contributed by atoms with Crippen molar-refractivity contribution >= 4 is 27.7 Å². The summed E-state index contributed by atoms with van der Waals surface area (Å²) in [6.07, 6.45) is 4.03. The van der Waals surface area contributed by atoms with Gasteiger partial charge in [-0.2, -0.15) is 11.8 Å². The maximum Gasteiger partial charge on any atom is 0.242 e. The number of hydrogen-bond donors (Lipinski definition) is 2. The van der Waals surface area contributed by atoms with E-state index in [1.54, 1.807) is 19.3 Å². The van der Waals surface area contributed by atoms with E-state index in [0.29, 0.717) is 11.8 Å². The number of guanidine groups is 1. The highest BCUT2D eigenvalue weighted by Crippen LogP contribution is 2.20. The molecule has 0 saturated carbocycles. The third-order valence-corrected chi connectivity index (χ3v) is 6.57. The Labute approximate surface area is 148 Å². The largest absolute Gasteiger partial charge is 0.355 e. The van der Waals surface area contributed by atoms with E-state index in [0.717, 1.165) is 31.2 Å². The van der Waals surface area contributed by atoms with Gasteiger partial charge in [0.05, 0.1) is 0 Å². The Morgan fingerprint density at radius 3 is 3.00 bits per heavy atom. The minimum atomic E-state index is -3.51. The van der Waals surface area contributed by atoms with Crippen molar-refractivity contribution in [3.63, 3.8) is 0 Å². The molecule has 2 rings (SSSR count). The van der Waals surface area contributed by atoms with Gasteiger partial charge in [-0.15, -0.1) is 0 Å². The van der Waals surface area contributed by atoms with E-state index in [-0.39, 0.29) is 11.4 Å². The maximum atomic E-state index is 12.1. The second-order valence-electron chi connectivity index (χ2n) is 5.41. The molecular formula is C15H25N5O2S2. The van der Waals surface area contributed by atoms with Crippen LogP contribution in [0.4, 0.5) is 0 Å². The van der Waals surface area contributed by atoms with Gasteiger partial charge in [-0.05, 0) is 18.6 Å². The normalized spacial score (nSPS) is 19.3. The van der Waals surface area contributed by atoms with E-state index in [4.69, 9.17) is 0 Å². The number of nitrogens with zero attached hydrogens (tertiary/aromatic N) is 3. The van der Waals surface area contributed by atoms with E-state index in [2.05, 4.69) is 31.8 Å². The molecule has 0 spiro atoms. The number of sulfonamides is 1. The molecule has 0 radical (unpaired) electrons. The van der Waals surface area contributed by atoms with Gasteiger partial charge >= 0.3 is 0 Å². The maximum absolute atomic E-state index is 12.1. The summed E-state index contributed by atoms with van der Waals surface area (Å²) in [6, 6.07) is 3.13. The van der Waals surface area contributed by atoms with Crippen LogP contribution in [0.2, 0.25) is 0 Å². The Bertz CT molecular complexity index is 637. The summed E-state index contributed by atoms with van der Waals surface area (Å²) in [5, 5.41) is 3.86. The topological polar surface area (TPSA) is 86.7 Å². The molecule has 24 heavy (non-hydrogen) atoms. The summed E-state index contributed by atoms with van der Waals surface area (Å²) >= 11 is 2.00. The molecule has 0 aliphatic carbocycles. The van der Waals surface area contributed by atoms with Gasteiger partial charge < -0.3 is 10.2 Å². The Hall–Kier alpha value is -1.32. The van der Waals surface area contributed by atoms with Gasteiger partial charge in [-0.3, -0.25) is 9.98 Å². The molecule has 0 amide bonds. The van der Waals surface area contributed by atoms with Crippen LogP contribution in [0.5, 0.6) is 0 Å². The molecule has 1 saturated heterocycles. The second kappa shape index (κ2) is 9.24. The van der Waals surface area contributed by atoms with Gasteiger partial charge in [0.2, 0.25) is 10.0 Å². The first-order chi connectivity index (χ1) is 11.6. The van der Waals surface area contributed by atoms with Crippen LogP contribution in [-0.4, -0.2) is 68.5 Å². The van der Waals surface area contributed by atoms with E-state index in [1.807, 2.05) is 11.8 Å². The van der Waals surface area contributed by atoms with Gasteiger partial charge in [-0.25, -0.2) is 13.1 Å². The average molecular weight is 372 g/mol. The highest BCUT2D eigenvalue weighted by molar-refractivity contribution is 8.00. The number of pyridine rings is 1. The molecule has 1 aliphatic rings. The zero-order valence-electron chi connectivity index (χ0n) is 14.1. The standard InChI is InChI=1S/C15H25N5O2S2/c1-3-13-12-20(9-10-23-13)15(16-2)18-7-8-19-24(21,22)14-5-4-6-17-11-14/h4-6,11,13,19H,3,7-10,12H2,1-2H3,(H,16,18). The highest BCUT2D eigenvalue weighted by atomic mass is 32.2. The Balaban J connectivity index is 1.80. The van der Waals surface area contributed by atoms with Crippen molar-refractivity contribution in [2.45, 2.75) is 23.5 Å². The van der Waals surface area contributed by atoms with Gasteiger partial charge in [-0.1, -0.05) is 6.92 Å². The molecule has 7 nitrogen and oxygen atoms in total. The molecule has 1 aromatic heterocycles. The van der Waals surface area contributed by atoms with Crippen molar-refractivity contribution in [3.8, 4) is 0 Å². The lowest BCUT2D eigenvalue weighted by Crippen LogP contribution is -2.49. The first kappa shape index (κ1) is 19.0. The average Bonchev–Trinajstić information content (AvgIpc) is 2.62. The predicted molar refractivity (Wildman–Crippen MR) is 98.9 cm³/mol. The number of nitrogens with one attached hydrogen (secondary N) is 2. The van der Waals surface area contributed by atoms with Gasteiger partial charge in [0.25, 0.3) is 0 Å². The van der Waals surface area contributed by atoms with Crippen LogP contribution < -0.4 is 10.0 Å². The summed E-state index contributed by atoms with van der Waals surface area (Å²) in [6.45, 7) is 4.90. The summed E-state index contributed by atoms with van der Waals surface area (Å²) in [4.78, 5) is 10.6. The fourth-order valence-corrected chi connectivity index (χ4v) is 4.62. The Morgan fingerprint density at radius 2 is 2.33 bits per heavy atom. The van der Waals surface area contributed by atoms with Gasteiger partial charge in [0, 0.05) is 56.6 Å². The van der Waals surface area contributed by atoms with Gasteiger partial charge in [0.1, 0.15) is 4.90 Å². The zero-order chi connectivity index (χ0) is 17.4. The molecule has 2 heterocycles. The molecule has 0 aromatic carbocycles. The highest BCUT2D eigenvalue weighted by Gasteiger charge is 2.21. The lowest BCUT2D eigenvalue weighted by atomic mass is 10.3. The third-order valence-electron chi connectivity index (χ3n) is 3.75. The molecule has 0 bridgehead atoms. The Morgan fingerprint density at radius 1 is 1.50 bits per heavy atom. The van der Waals surface area contributed by atoms with E-state index in [1.165, 1.54) is 12.3 Å². The molecule has 2 N–H and O–H groups in total. The number of hydrogen-bond acceptors (Lipinski definition) is 5. The van der Waals surface area contributed by atoms with Crippen LogP contribution >= 0.6 is 11.8 Å². The van der Waals surface area contributed by atoms with E-state index in [9.17, 15) is 8.42 Å². The summed E-state index contributed by atoms with van der Waals surface area (Å²) in [7, 11) is -1.76. The first-order valence-corrected chi connectivity index (χ1v) is 10.6. The van der Waals surface area contributed by atoms with Crippen LogP contribution in [0, 0.1) is 0 Å². The molecule has 1 unspecified atom stereocenters. The zero-order valence-corrected chi connectivity index (χ0v) is 15.7. The summed E-state index contributed by atoms with van der Waals surface area (Å²) in [5.41, 5.74) is 0. The summed E-state index contributed by atoms with van der Waals surface area (Å²) in [5.74, 6) is 1.92. The van der Waals surface area contributed by atoms with Crippen LogP contribution in [-0.2, 0) is 10.0 Å². The second-order valence-corrected chi connectivity index (χ2v) is 8.58. The van der Waals surface area contributed by atoms with E-state index < -0.39 is 10.0 Å². The van der Waals surface area contributed by atoms with Crippen LogP contribution in [0.3, 0.4) is 0 Å². The molecular weight excluding hydrogens is 346 g/mol. The summed E-state index contributed by atoms with van der Waals surface area (Å²) < 4.78 is 26.8. The molecule has 1 aliphatic heterocycles. The van der Waals surface area contributed by atoms with Crippen molar-refractivity contribution in [3.05, 3.63) is 24.5 Å². The molecule has 134 valence electrons. The van der Waals surface area contributed by atoms with Crippen molar-refractivity contribution in [1.29, 1.82) is 0 Å². The first-order valence-electron chi connectivity index (χ1n) is 8.03. The minimum absolute atomic E-state index is 0.174. The molecule has 1 atom stereocenters. The fourth-order valence-electron chi connectivity index (χ4n) is 2.44. The number of thioether (sulfide) groups is 1. The number of aromatic nitrogens is 1. The molecule has 1 fully saturated rings. The lowest BCUT2D eigenvalue weighted by molar-refractivity contribution is 0.408. The predicted octanol–water partition coefficient (Wildman–Crippen LogP) is 0.763. The SMILES string of the molecule is CCC1CN(C(=NC)NCCNS(=O)(=O)c2cccnc2)CCS1. The van der Waals surface area contributed by atoms with E-state index >= 15 is 0 Å². The fraction of sp³-hybridized carbons (Fsp3) is 0.600. The van der Waals surface area contributed by atoms with Crippen molar-refractivity contribution in [2.75, 3.05) is 39.0 Å². The van der Waals surface area contributed by atoms with Gasteiger partial charge in [0.15, 0.2) is 5.96 Å². The lowest BCUT2D eigenvalue weighted by Gasteiger charge is -2.34. The smallest absolute Gasteiger partial charge is 0.242 e. The number of aliphatic imine (C=N–C) groups is 1. The quantitative estimate of drug-likeness (QED) is 0.436. The third kappa shape index (κ3) is 5.35. The molecule has 9 heteroatoms. The van der Waals surface area contributed by atoms with Crippen molar-refractivity contribution in [2.24, 2.45) is 4.99 Å². The van der Waals surface area contributed by atoms with Crippen LogP contribution in [0.1, 0.15) is 13.3 Å². The Kier molecular flexibility index (Phi) is 7.32. The van der Waals surface area contributed by atoms with Crippen LogP contribution in [0.15, 0.2) is 34.4 Å². The minimum Gasteiger partial charge on any atom is -0.355 e. The van der Waals surface area contributed by atoms with Crippen molar-refractivity contribution in [1.82, 2.24) is 19.9 Å².